The fraction of sp³-hybridized carbons (Fsp3) is 0.500. The van der Waals surface area contributed by atoms with Crippen LogP contribution in [0.15, 0.2) is 23.2 Å². The zero-order valence-corrected chi connectivity index (χ0v) is 10.8. The third kappa shape index (κ3) is 4.29. The SMILES string of the molecule is CNc1ccc(S(=O)(=O)NCCCOC)cn1. The van der Waals surface area contributed by atoms with Crippen molar-refractivity contribution in [2.45, 2.75) is 11.3 Å². The lowest BCUT2D eigenvalue weighted by molar-refractivity contribution is 0.196. The summed E-state index contributed by atoms with van der Waals surface area (Å²) in [5, 5.41) is 2.82. The van der Waals surface area contributed by atoms with E-state index in [1.54, 1.807) is 20.2 Å². The minimum atomic E-state index is -3.46. The first-order valence-electron chi connectivity index (χ1n) is 5.22. The predicted octanol–water partition coefficient (Wildman–Crippen LogP) is 0.438. The Morgan fingerprint density at radius 3 is 2.71 bits per heavy atom. The molecule has 6 nitrogen and oxygen atoms in total. The highest BCUT2D eigenvalue weighted by molar-refractivity contribution is 7.89. The molecule has 0 amide bonds. The third-order valence-electron chi connectivity index (χ3n) is 2.12. The maximum atomic E-state index is 11.8. The molecule has 1 rings (SSSR count). The topological polar surface area (TPSA) is 80.3 Å². The first kappa shape index (κ1) is 13.9. The Kier molecular flexibility index (Phi) is 5.33. The molecule has 0 radical (unpaired) electrons. The van der Waals surface area contributed by atoms with Crippen LogP contribution in [0.25, 0.3) is 0 Å². The molecule has 7 heteroatoms. The van der Waals surface area contributed by atoms with Gasteiger partial charge in [0.2, 0.25) is 10.0 Å². The van der Waals surface area contributed by atoms with Gasteiger partial charge in [-0.3, -0.25) is 0 Å². The summed E-state index contributed by atoms with van der Waals surface area (Å²) in [6, 6.07) is 3.13. The molecule has 0 saturated heterocycles. The van der Waals surface area contributed by atoms with E-state index in [9.17, 15) is 8.42 Å². The summed E-state index contributed by atoms with van der Waals surface area (Å²) in [6.07, 6.45) is 1.96. The molecule has 1 aromatic rings. The largest absolute Gasteiger partial charge is 0.385 e. The van der Waals surface area contributed by atoms with E-state index in [1.807, 2.05) is 0 Å². The molecular weight excluding hydrogens is 242 g/mol. The number of hydrogen-bond donors (Lipinski definition) is 2. The van der Waals surface area contributed by atoms with Crippen molar-refractivity contribution in [1.82, 2.24) is 9.71 Å². The van der Waals surface area contributed by atoms with Gasteiger partial charge in [0.25, 0.3) is 0 Å². The minimum Gasteiger partial charge on any atom is -0.385 e. The van der Waals surface area contributed by atoms with Gasteiger partial charge in [-0.1, -0.05) is 0 Å². The first-order valence-corrected chi connectivity index (χ1v) is 6.71. The van der Waals surface area contributed by atoms with Crippen molar-refractivity contribution in [2.75, 3.05) is 32.6 Å². The van der Waals surface area contributed by atoms with Gasteiger partial charge >= 0.3 is 0 Å². The van der Waals surface area contributed by atoms with Gasteiger partial charge in [-0.15, -0.1) is 0 Å². The Morgan fingerprint density at radius 2 is 2.18 bits per heavy atom. The van der Waals surface area contributed by atoms with E-state index in [-0.39, 0.29) is 4.90 Å². The molecule has 1 heterocycles. The molecule has 0 aliphatic heterocycles. The second kappa shape index (κ2) is 6.53. The molecular formula is C10H17N3O3S. The van der Waals surface area contributed by atoms with Crippen LogP contribution in [0.3, 0.4) is 0 Å². The maximum absolute atomic E-state index is 11.8. The van der Waals surface area contributed by atoms with Crippen LogP contribution in [-0.4, -0.2) is 40.7 Å². The standard InChI is InChI=1S/C10H17N3O3S/c1-11-10-5-4-9(8-12-10)17(14,15)13-6-3-7-16-2/h4-5,8,13H,3,6-7H2,1-2H3,(H,11,12). The van der Waals surface area contributed by atoms with E-state index in [0.717, 1.165) is 0 Å². The Labute approximate surface area is 101 Å². The summed E-state index contributed by atoms with van der Waals surface area (Å²) >= 11 is 0. The summed E-state index contributed by atoms with van der Waals surface area (Å²) in [7, 11) is -0.162. The highest BCUT2D eigenvalue weighted by Crippen LogP contribution is 2.09. The smallest absolute Gasteiger partial charge is 0.242 e. The van der Waals surface area contributed by atoms with Crippen LogP contribution in [0.2, 0.25) is 0 Å². The van der Waals surface area contributed by atoms with Crippen molar-refractivity contribution in [2.24, 2.45) is 0 Å². The number of anilines is 1. The van der Waals surface area contributed by atoms with Gasteiger partial charge < -0.3 is 10.1 Å². The first-order chi connectivity index (χ1) is 8.10. The van der Waals surface area contributed by atoms with Crippen LogP contribution in [-0.2, 0) is 14.8 Å². The monoisotopic (exact) mass is 259 g/mol. The second-order valence-electron chi connectivity index (χ2n) is 3.37. The fourth-order valence-electron chi connectivity index (χ4n) is 1.19. The molecule has 0 unspecified atom stereocenters. The zero-order valence-electron chi connectivity index (χ0n) is 9.93. The van der Waals surface area contributed by atoms with Crippen molar-refractivity contribution in [1.29, 1.82) is 0 Å². The number of hydrogen-bond acceptors (Lipinski definition) is 5. The molecule has 1 aromatic heterocycles. The molecule has 0 aliphatic rings. The van der Waals surface area contributed by atoms with E-state index in [1.165, 1.54) is 12.3 Å². The summed E-state index contributed by atoms with van der Waals surface area (Å²) in [5.74, 6) is 0.628. The van der Waals surface area contributed by atoms with Gasteiger partial charge in [0.1, 0.15) is 10.7 Å². The van der Waals surface area contributed by atoms with Gasteiger partial charge in [-0.2, -0.15) is 0 Å². The van der Waals surface area contributed by atoms with E-state index in [2.05, 4.69) is 15.0 Å². The lowest BCUT2D eigenvalue weighted by atomic mass is 10.5. The molecule has 0 atom stereocenters. The maximum Gasteiger partial charge on any atom is 0.242 e. The van der Waals surface area contributed by atoms with Gasteiger partial charge in [0.05, 0.1) is 0 Å². The van der Waals surface area contributed by atoms with Crippen molar-refractivity contribution >= 4 is 15.8 Å². The Morgan fingerprint density at radius 1 is 1.41 bits per heavy atom. The highest BCUT2D eigenvalue weighted by Gasteiger charge is 2.13. The Balaban J connectivity index is 2.62. The lowest BCUT2D eigenvalue weighted by Gasteiger charge is -2.06. The third-order valence-corrected chi connectivity index (χ3v) is 3.57. The molecule has 2 N–H and O–H groups in total. The summed E-state index contributed by atoms with van der Waals surface area (Å²) < 4.78 is 30.9. The van der Waals surface area contributed by atoms with Crippen molar-refractivity contribution < 1.29 is 13.2 Å². The molecule has 0 aromatic carbocycles. The number of rotatable bonds is 7. The number of sulfonamides is 1. The van der Waals surface area contributed by atoms with Crippen molar-refractivity contribution in [3.63, 3.8) is 0 Å². The molecule has 0 bridgehead atoms. The van der Waals surface area contributed by atoms with E-state index < -0.39 is 10.0 Å². The lowest BCUT2D eigenvalue weighted by Crippen LogP contribution is -2.25. The van der Waals surface area contributed by atoms with Gasteiger partial charge in [0, 0.05) is 33.5 Å². The number of methoxy groups -OCH3 is 1. The molecule has 0 spiro atoms. The quantitative estimate of drug-likeness (QED) is 0.694. The van der Waals surface area contributed by atoms with Crippen LogP contribution in [0.4, 0.5) is 5.82 Å². The van der Waals surface area contributed by atoms with Crippen LogP contribution in [0.5, 0.6) is 0 Å². The highest BCUT2D eigenvalue weighted by atomic mass is 32.2. The molecule has 17 heavy (non-hydrogen) atoms. The minimum absolute atomic E-state index is 0.161. The average Bonchev–Trinajstić information content (AvgIpc) is 2.35. The van der Waals surface area contributed by atoms with Crippen molar-refractivity contribution in [3.8, 4) is 0 Å². The van der Waals surface area contributed by atoms with Gasteiger partial charge in [0.15, 0.2) is 0 Å². The van der Waals surface area contributed by atoms with Crippen LogP contribution >= 0.6 is 0 Å². The molecule has 0 fully saturated rings. The normalized spacial score (nSPS) is 11.4. The number of aromatic nitrogens is 1. The molecule has 0 saturated carbocycles. The summed E-state index contributed by atoms with van der Waals surface area (Å²) in [4.78, 5) is 4.11. The van der Waals surface area contributed by atoms with Gasteiger partial charge in [-0.25, -0.2) is 18.1 Å². The Hall–Kier alpha value is -1.18. The number of ether oxygens (including phenoxy) is 1. The second-order valence-corrected chi connectivity index (χ2v) is 5.14. The van der Waals surface area contributed by atoms with Crippen LogP contribution in [0, 0.1) is 0 Å². The molecule has 96 valence electrons. The Bertz CT molecular complexity index is 431. The van der Waals surface area contributed by atoms with E-state index >= 15 is 0 Å². The molecule has 0 aliphatic carbocycles. The predicted molar refractivity (Wildman–Crippen MR) is 65.5 cm³/mol. The van der Waals surface area contributed by atoms with Crippen LogP contribution in [0.1, 0.15) is 6.42 Å². The van der Waals surface area contributed by atoms with Crippen LogP contribution < -0.4 is 10.0 Å². The number of pyridine rings is 1. The van der Waals surface area contributed by atoms with Crippen molar-refractivity contribution in [3.05, 3.63) is 18.3 Å². The average molecular weight is 259 g/mol. The number of nitrogens with one attached hydrogen (secondary N) is 2. The van der Waals surface area contributed by atoms with E-state index in [0.29, 0.717) is 25.4 Å². The number of nitrogens with zero attached hydrogens (tertiary/aromatic N) is 1. The summed E-state index contributed by atoms with van der Waals surface area (Å²) in [5.41, 5.74) is 0. The summed E-state index contributed by atoms with van der Waals surface area (Å²) in [6.45, 7) is 0.878. The zero-order chi connectivity index (χ0) is 12.7. The fourth-order valence-corrected chi connectivity index (χ4v) is 2.21. The van der Waals surface area contributed by atoms with Gasteiger partial charge in [-0.05, 0) is 18.6 Å². The van der Waals surface area contributed by atoms with E-state index in [4.69, 9.17) is 4.74 Å².